The predicted molar refractivity (Wildman–Crippen MR) is 462 cm³/mol. The van der Waals surface area contributed by atoms with E-state index in [1.807, 2.05) is 0 Å². The van der Waals surface area contributed by atoms with Crippen LogP contribution in [-0.4, -0.2) is 13.4 Å². The fraction of sp³-hybridized carbons (Fsp3) is 0.154. The molecule has 0 bridgehead atoms. The molecule has 16 aromatic carbocycles. The van der Waals surface area contributed by atoms with Gasteiger partial charge in [-0.25, -0.2) is 0 Å². The van der Waals surface area contributed by atoms with Gasteiger partial charge in [0.05, 0.1) is 0 Å². The molecule has 0 amide bonds. The summed E-state index contributed by atoms with van der Waals surface area (Å²) in [6.45, 7) is 27.7. The lowest BCUT2D eigenvalue weighted by atomic mass is 9.31. The normalized spacial score (nSPS) is 13.3. The van der Waals surface area contributed by atoms with Gasteiger partial charge in [-0.1, -0.05) is 325 Å². The maximum Gasteiger partial charge on any atom is 0.252 e. The van der Waals surface area contributed by atoms with Gasteiger partial charge in [0, 0.05) is 0 Å². The minimum atomic E-state index is -0.233. The Hall–Kier alpha value is -11.7. The Kier molecular flexibility index (Phi) is 14.6. The first-order valence-electron chi connectivity index (χ1n) is 38.7. The second kappa shape index (κ2) is 23.9. The van der Waals surface area contributed by atoms with E-state index >= 15 is 0 Å². The lowest BCUT2D eigenvalue weighted by Crippen LogP contribution is -2.58. The molecule has 518 valence electrons. The minimum Gasteiger partial charge on any atom is -0.458 e. The fourth-order valence-corrected chi connectivity index (χ4v) is 18.6. The number of ether oxygens (including phenoxy) is 2. The van der Waals surface area contributed by atoms with Crippen LogP contribution in [0.5, 0.6) is 23.0 Å². The molecule has 0 atom stereocenters. The van der Waals surface area contributed by atoms with Crippen LogP contribution in [0.3, 0.4) is 0 Å². The molecule has 0 aliphatic carbocycles. The molecule has 16 aromatic rings. The lowest BCUT2D eigenvalue weighted by molar-refractivity contribution is 0.479. The van der Waals surface area contributed by atoms with Gasteiger partial charge in [0.1, 0.15) is 23.0 Å². The van der Waals surface area contributed by atoms with Gasteiger partial charge in [-0.3, -0.25) is 0 Å². The van der Waals surface area contributed by atoms with Gasteiger partial charge in [-0.05, 0) is 270 Å². The van der Waals surface area contributed by atoms with Crippen LogP contribution >= 0.6 is 0 Å². The molecule has 0 spiro atoms. The molecular weight excluding hydrogens is 1300 g/mol. The summed E-state index contributed by atoms with van der Waals surface area (Å²) in [4.78, 5) is 0. The standard InChI is InChI=1S/C104H84B2O2/c1-101(2,3)69-43-45-85-89(53-69)107-91-55-71(103(7,8)9)51-83-79-57-78(94-75(65-39-27-17-28-40-65)49-68(62-33-21-14-22-34-62)50-76(94)66-41-29-18-30-42-66)82-60-88-96-80(84-52-72(104(10,11)12)56-92-100(84)106(88)86-46-44-70(102(4,5)6)54-90(86)108-92)58-77(81-59-87(105(85)99(83)91)95(79)97(82)98(81)96)93-73(63-35-23-15-24-36-63)47-67(61-31-19-13-20-32-61)48-74(93)64-37-25-16-26-38-64/h13-60H,1-12H3. The van der Waals surface area contributed by atoms with Crippen LogP contribution < -0.4 is 42.3 Å². The summed E-state index contributed by atoms with van der Waals surface area (Å²) in [6, 6.07) is 112. The van der Waals surface area contributed by atoms with Gasteiger partial charge in [-0.2, -0.15) is 0 Å². The molecule has 0 N–H and O–H groups in total. The van der Waals surface area contributed by atoms with Crippen molar-refractivity contribution in [1.29, 1.82) is 0 Å². The monoisotopic (exact) mass is 1390 g/mol. The van der Waals surface area contributed by atoms with Crippen molar-refractivity contribution < 1.29 is 9.47 Å². The number of fused-ring (bicyclic) bond motifs is 8. The van der Waals surface area contributed by atoms with E-state index in [9.17, 15) is 0 Å². The van der Waals surface area contributed by atoms with E-state index in [4.69, 9.17) is 9.47 Å². The lowest BCUT2D eigenvalue weighted by Gasteiger charge is -2.39. The van der Waals surface area contributed by atoms with E-state index in [-0.39, 0.29) is 35.1 Å². The molecule has 4 heterocycles. The third-order valence-electron chi connectivity index (χ3n) is 24.1. The van der Waals surface area contributed by atoms with E-state index in [0.29, 0.717) is 0 Å². The Morgan fingerprint density at radius 1 is 0.204 bits per heavy atom. The third kappa shape index (κ3) is 10.3. The zero-order valence-electron chi connectivity index (χ0n) is 63.7. The Morgan fingerprint density at radius 3 is 0.787 bits per heavy atom. The fourth-order valence-electron chi connectivity index (χ4n) is 18.6. The van der Waals surface area contributed by atoms with Gasteiger partial charge in [0.25, 0.3) is 13.4 Å². The highest BCUT2D eigenvalue weighted by Gasteiger charge is 2.46. The molecule has 4 heteroatoms. The maximum absolute atomic E-state index is 7.64. The molecule has 20 rings (SSSR count). The zero-order valence-corrected chi connectivity index (χ0v) is 63.7. The second-order valence-electron chi connectivity index (χ2n) is 35.0. The predicted octanol–water partition coefficient (Wildman–Crippen LogP) is 24.3. The molecular formula is C104H84B2O2. The van der Waals surface area contributed by atoms with Crippen molar-refractivity contribution in [3.05, 3.63) is 313 Å². The van der Waals surface area contributed by atoms with Gasteiger partial charge in [0.15, 0.2) is 0 Å². The summed E-state index contributed by atoms with van der Waals surface area (Å²) in [6.07, 6.45) is 0. The first kappa shape index (κ1) is 65.8. The largest absolute Gasteiger partial charge is 0.458 e. The van der Waals surface area contributed by atoms with Crippen LogP contribution in [0.2, 0.25) is 0 Å². The molecule has 4 aliphatic heterocycles. The Labute approximate surface area is 636 Å². The van der Waals surface area contributed by atoms with E-state index < -0.39 is 0 Å². The summed E-state index contributed by atoms with van der Waals surface area (Å²) >= 11 is 0. The summed E-state index contributed by atoms with van der Waals surface area (Å²) in [5, 5.41) is 7.60. The van der Waals surface area contributed by atoms with Crippen LogP contribution in [0.4, 0.5) is 0 Å². The first-order chi connectivity index (χ1) is 52.1. The average molecular weight is 1390 g/mol. The highest BCUT2D eigenvalue weighted by molar-refractivity contribution is 7.01. The summed E-state index contributed by atoms with van der Waals surface area (Å²) < 4.78 is 15.3. The summed E-state index contributed by atoms with van der Waals surface area (Å²) in [5.41, 5.74) is 35.3. The van der Waals surface area contributed by atoms with E-state index in [1.54, 1.807) is 0 Å². The van der Waals surface area contributed by atoms with Crippen molar-refractivity contribution in [3.8, 4) is 134 Å². The maximum atomic E-state index is 7.64. The van der Waals surface area contributed by atoms with Crippen molar-refractivity contribution in [2.45, 2.75) is 105 Å². The SMILES string of the molecule is CC(C)(C)c1ccc2c(c1)Oc1cc(C(C)(C)C)cc3c1B2c1cc2c(-c4c(-c5ccccc5)cc(-c5ccccc5)cc4-c4ccccc4)cc4c5c(cc6c(-c7c(-c8ccccc8)cc(-c8ccccc8)cc7-c7ccccc7)cc-3c1c6c25)B1c2ccc(C(C)(C)C)cc2Oc2cc(C(C)(C)C)cc-4c21. The topological polar surface area (TPSA) is 18.5 Å². The molecule has 0 radical (unpaired) electrons. The van der Waals surface area contributed by atoms with Gasteiger partial charge in [-0.15, -0.1) is 0 Å². The quantitative estimate of drug-likeness (QED) is 0.112. The number of benzene rings is 16. The van der Waals surface area contributed by atoms with Gasteiger partial charge >= 0.3 is 0 Å². The molecule has 0 unspecified atom stereocenters. The molecule has 0 aromatic heterocycles. The number of hydrogen-bond donors (Lipinski definition) is 0. The molecule has 4 aliphatic rings. The molecule has 0 saturated heterocycles. The van der Waals surface area contributed by atoms with E-state index in [0.717, 1.165) is 56.4 Å². The van der Waals surface area contributed by atoms with Crippen LogP contribution in [0.15, 0.2) is 291 Å². The summed E-state index contributed by atoms with van der Waals surface area (Å²) in [7, 11) is 0. The number of hydrogen-bond acceptors (Lipinski definition) is 2. The number of rotatable bonds is 8. The Bertz CT molecular complexity index is 5890. The minimum absolute atomic E-state index is 0.126. The van der Waals surface area contributed by atoms with Gasteiger partial charge in [0.2, 0.25) is 0 Å². The molecule has 108 heavy (non-hydrogen) atoms. The summed E-state index contributed by atoms with van der Waals surface area (Å²) in [5.74, 6) is 3.70. The molecule has 2 nitrogen and oxygen atoms in total. The zero-order chi connectivity index (χ0) is 73.6. The average Bonchev–Trinajstić information content (AvgIpc) is 0.661. The van der Waals surface area contributed by atoms with E-state index in [2.05, 4.69) is 374 Å². The van der Waals surface area contributed by atoms with Crippen molar-refractivity contribution in [3.63, 3.8) is 0 Å². The van der Waals surface area contributed by atoms with Gasteiger partial charge < -0.3 is 9.47 Å². The third-order valence-corrected chi connectivity index (χ3v) is 24.1. The highest BCUT2D eigenvalue weighted by atomic mass is 16.5. The second-order valence-corrected chi connectivity index (χ2v) is 35.0. The highest BCUT2D eigenvalue weighted by Crippen LogP contribution is 2.57. The first-order valence-corrected chi connectivity index (χ1v) is 38.7. The van der Waals surface area contributed by atoms with Crippen molar-refractivity contribution in [2.24, 2.45) is 0 Å². The molecule has 0 saturated carbocycles. The molecule has 0 fully saturated rings. The van der Waals surface area contributed by atoms with Crippen molar-refractivity contribution in [1.82, 2.24) is 0 Å². The van der Waals surface area contributed by atoms with Crippen LogP contribution in [0, 0.1) is 0 Å². The Balaban J connectivity index is 1.06. The van der Waals surface area contributed by atoms with Crippen LogP contribution in [0.25, 0.3) is 144 Å². The van der Waals surface area contributed by atoms with Crippen LogP contribution in [0.1, 0.15) is 105 Å². The van der Waals surface area contributed by atoms with Crippen molar-refractivity contribution in [2.75, 3.05) is 0 Å². The smallest absolute Gasteiger partial charge is 0.252 e. The van der Waals surface area contributed by atoms with Crippen LogP contribution in [-0.2, 0) is 21.7 Å². The Morgan fingerprint density at radius 2 is 0.491 bits per heavy atom. The van der Waals surface area contributed by atoms with Crippen molar-refractivity contribution >= 4 is 78.5 Å². The van der Waals surface area contributed by atoms with E-state index in [1.165, 1.54) is 165 Å².